The molecule has 134 valence electrons. The van der Waals surface area contributed by atoms with Crippen LogP contribution in [0.25, 0.3) is 11.1 Å². The Morgan fingerprint density at radius 2 is 1.52 bits per heavy atom. The quantitative estimate of drug-likeness (QED) is 0.282. The number of phenols is 1. The van der Waals surface area contributed by atoms with Gasteiger partial charge in [-0.2, -0.15) is 5.11 Å². The topological polar surface area (TPSA) is 122 Å². The highest BCUT2D eigenvalue weighted by atomic mass is 31.1. The largest absolute Gasteiger partial charge is 0.506 e. The van der Waals surface area contributed by atoms with Crippen LogP contribution in [0.2, 0.25) is 0 Å². The molecule has 9 heteroatoms. The fourth-order valence-electron chi connectivity index (χ4n) is 2.51. The number of hydrogen-bond acceptors (Lipinski definition) is 7. The van der Waals surface area contributed by atoms with Crippen LogP contribution >= 0.6 is 7.68 Å². The molecule has 3 rings (SSSR count). The molecule has 1 N–H and O–H groups in total. The number of hydrogen-bond donors (Lipinski definition) is 1. The number of nitro groups is 1. The van der Waals surface area contributed by atoms with E-state index in [1.54, 1.807) is 36.4 Å². The minimum atomic E-state index is -3.22. The van der Waals surface area contributed by atoms with Gasteiger partial charge in [-0.15, -0.1) is 5.11 Å². The summed E-state index contributed by atoms with van der Waals surface area (Å²) in [4.78, 5) is 10.6. The first kappa shape index (κ1) is 18.2. The SMILES string of the molecule is O=[N+]([O-])c1ccccc1-c1ccc(N=Nc2ccccc2)c(P(=O)=O)c1O. The van der Waals surface area contributed by atoms with Crippen molar-refractivity contribution < 1.29 is 19.2 Å². The van der Waals surface area contributed by atoms with Crippen molar-refractivity contribution in [1.29, 1.82) is 0 Å². The number of benzene rings is 3. The molecule has 27 heavy (non-hydrogen) atoms. The van der Waals surface area contributed by atoms with Gasteiger partial charge in [0.15, 0.2) is 0 Å². The van der Waals surface area contributed by atoms with Crippen LogP contribution in [0.1, 0.15) is 0 Å². The highest BCUT2D eigenvalue weighted by Gasteiger charge is 2.23. The molecule has 0 atom stereocenters. The molecule has 0 fully saturated rings. The fourth-order valence-corrected chi connectivity index (χ4v) is 3.11. The zero-order valence-corrected chi connectivity index (χ0v) is 14.6. The third-order valence-electron chi connectivity index (χ3n) is 3.73. The van der Waals surface area contributed by atoms with E-state index in [0.717, 1.165) is 0 Å². The third-order valence-corrected chi connectivity index (χ3v) is 4.54. The molecule has 0 aliphatic rings. The Hall–Kier alpha value is -3.64. The molecular weight excluding hydrogens is 369 g/mol. The van der Waals surface area contributed by atoms with Crippen LogP contribution in [-0.2, 0) is 9.13 Å². The van der Waals surface area contributed by atoms with Gasteiger partial charge in [0.25, 0.3) is 5.69 Å². The van der Waals surface area contributed by atoms with Gasteiger partial charge < -0.3 is 5.11 Å². The summed E-state index contributed by atoms with van der Waals surface area (Å²) in [6.07, 6.45) is 0. The van der Waals surface area contributed by atoms with Gasteiger partial charge in [-0.1, -0.05) is 30.3 Å². The van der Waals surface area contributed by atoms with Crippen molar-refractivity contribution in [3.05, 3.63) is 76.8 Å². The summed E-state index contributed by atoms with van der Waals surface area (Å²) in [6.45, 7) is 0. The Morgan fingerprint density at radius 1 is 0.852 bits per heavy atom. The Labute approximate surface area is 153 Å². The smallest absolute Gasteiger partial charge is 0.354 e. The Kier molecular flexibility index (Phi) is 5.19. The van der Waals surface area contributed by atoms with Crippen molar-refractivity contribution in [2.45, 2.75) is 0 Å². The van der Waals surface area contributed by atoms with Crippen LogP contribution in [0, 0.1) is 10.1 Å². The summed E-state index contributed by atoms with van der Waals surface area (Å²) in [5, 5.41) is 29.1. The Bertz CT molecular complexity index is 1100. The lowest BCUT2D eigenvalue weighted by molar-refractivity contribution is -0.384. The molecule has 0 aliphatic carbocycles. The molecule has 0 amide bonds. The lowest BCUT2D eigenvalue weighted by atomic mass is 10.0. The number of nitrogens with zero attached hydrogens (tertiary/aromatic N) is 3. The summed E-state index contributed by atoms with van der Waals surface area (Å²) >= 11 is 0. The van der Waals surface area contributed by atoms with Crippen LogP contribution in [0.15, 0.2) is 77.0 Å². The molecule has 3 aromatic rings. The molecule has 0 spiro atoms. The van der Waals surface area contributed by atoms with Crippen LogP contribution in [0.4, 0.5) is 17.1 Å². The monoisotopic (exact) mass is 381 g/mol. The summed E-state index contributed by atoms with van der Waals surface area (Å²) in [7, 11) is -3.22. The van der Waals surface area contributed by atoms with Gasteiger partial charge in [0.1, 0.15) is 16.7 Å². The maximum Gasteiger partial charge on any atom is 0.354 e. The van der Waals surface area contributed by atoms with E-state index in [1.165, 1.54) is 30.3 Å². The number of phenolic OH excluding ortho intramolecular Hbond substituents is 1. The predicted octanol–water partition coefficient (Wildman–Crippen LogP) is 5.18. The molecular formula is C18H12N3O5P. The van der Waals surface area contributed by atoms with E-state index in [0.29, 0.717) is 5.69 Å². The highest BCUT2D eigenvalue weighted by Crippen LogP contribution is 2.39. The van der Waals surface area contributed by atoms with Crippen molar-refractivity contribution in [2.24, 2.45) is 10.2 Å². The van der Waals surface area contributed by atoms with E-state index in [2.05, 4.69) is 10.2 Å². The van der Waals surface area contributed by atoms with Gasteiger partial charge in [0.05, 0.1) is 16.2 Å². The minimum absolute atomic E-state index is 0.0233. The number of aromatic hydroxyl groups is 1. The van der Waals surface area contributed by atoms with Gasteiger partial charge in [0.2, 0.25) is 0 Å². The van der Waals surface area contributed by atoms with Crippen LogP contribution in [0.3, 0.4) is 0 Å². The average molecular weight is 381 g/mol. The average Bonchev–Trinajstić information content (AvgIpc) is 2.67. The lowest BCUT2D eigenvalue weighted by Gasteiger charge is -2.08. The summed E-state index contributed by atoms with van der Waals surface area (Å²) in [5.41, 5.74) is 0.319. The van der Waals surface area contributed by atoms with Crippen LogP contribution < -0.4 is 5.30 Å². The molecule has 0 bridgehead atoms. The van der Waals surface area contributed by atoms with Crippen molar-refractivity contribution >= 4 is 30.0 Å². The normalized spacial score (nSPS) is 10.8. The first-order chi connectivity index (χ1) is 13.0. The number of rotatable bonds is 5. The van der Waals surface area contributed by atoms with E-state index in [4.69, 9.17) is 0 Å². The van der Waals surface area contributed by atoms with Gasteiger partial charge in [-0.05, 0) is 30.3 Å². The van der Waals surface area contributed by atoms with Crippen molar-refractivity contribution in [1.82, 2.24) is 0 Å². The zero-order valence-electron chi connectivity index (χ0n) is 13.7. The maximum atomic E-state index is 11.7. The van der Waals surface area contributed by atoms with Crippen molar-refractivity contribution in [3.8, 4) is 16.9 Å². The molecule has 0 radical (unpaired) electrons. The Morgan fingerprint density at radius 3 is 2.19 bits per heavy atom. The summed E-state index contributed by atoms with van der Waals surface area (Å²) in [5.74, 6) is -0.607. The highest BCUT2D eigenvalue weighted by molar-refractivity contribution is 7.41. The van der Waals surface area contributed by atoms with E-state index in [9.17, 15) is 24.4 Å². The zero-order chi connectivity index (χ0) is 19.4. The van der Waals surface area contributed by atoms with E-state index >= 15 is 0 Å². The van der Waals surface area contributed by atoms with Gasteiger partial charge >= 0.3 is 7.68 Å². The first-order valence-corrected chi connectivity index (χ1v) is 8.87. The molecule has 0 unspecified atom stereocenters. The van der Waals surface area contributed by atoms with E-state index in [1.807, 2.05) is 0 Å². The molecule has 0 aromatic heterocycles. The molecule has 0 saturated carbocycles. The van der Waals surface area contributed by atoms with Gasteiger partial charge in [-0.3, -0.25) is 10.1 Å². The fraction of sp³-hybridized carbons (Fsp3) is 0. The van der Waals surface area contributed by atoms with Gasteiger partial charge in [0, 0.05) is 11.6 Å². The number of para-hydroxylation sites is 1. The number of nitro benzene ring substituents is 1. The summed E-state index contributed by atoms with van der Waals surface area (Å²) < 4.78 is 23.4. The first-order valence-electron chi connectivity index (χ1n) is 7.70. The van der Waals surface area contributed by atoms with Crippen molar-refractivity contribution in [2.75, 3.05) is 0 Å². The predicted molar refractivity (Wildman–Crippen MR) is 98.7 cm³/mol. The summed E-state index contributed by atoms with van der Waals surface area (Å²) in [6, 6.07) is 17.1. The molecule has 3 aromatic carbocycles. The minimum Gasteiger partial charge on any atom is -0.506 e. The van der Waals surface area contributed by atoms with Crippen molar-refractivity contribution in [3.63, 3.8) is 0 Å². The molecule has 0 heterocycles. The maximum absolute atomic E-state index is 11.7. The van der Waals surface area contributed by atoms with Crippen LogP contribution in [0.5, 0.6) is 5.75 Å². The molecule has 0 aliphatic heterocycles. The number of azo groups is 1. The molecule has 8 nitrogen and oxygen atoms in total. The second-order valence-corrected chi connectivity index (χ2v) is 6.36. The van der Waals surface area contributed by atoms with E-state index < -0.39 is 23.7 Å². The lowest BCUT2D eigenvalue weighted by Crippen LogP contribution is -1.99. The standard InChI is InChI=1S/C18H12N3O5P/c22-17-14(13-8-4-5-9-16(13)21(23)24)10-11-15(18(17)27(25)26)20-19-12-6-2-1-3-7-12/h1-11,22H. The Balaban J connectivity index is 2.15. The third kappa shape index (κ3) is 3.80. The van der Waals surface area contributed by atoms with Gasteiger partial charge in [-0.25, -0.2) is 9.13 Å². The second kappa shape index (κ2) is 7.72. The molecule has 0 saturated heterocycles. The van der Waals surface area contributed by atoms with Crippen LogP contribution in [-0.4, -0.2) is 10.0 Å². The van der Waals surface area contributed by atoms with E-state index in [-0.39, 0.29) is 22.5 Å². The second-order valence-electron chi connectivity index (χ2n) is 5.40.